The third-order valence-electron chi connectivity index (χ3n) is 5.78. The van der Waals surface area contributed by atoms with E-state index in [0.29, 0.717) is 5.75 Å². The van der Waals surface area contributed by atoms with Gasteiger partial charge in [0.2, 0.25) is 0 Å². The molecule has 2 atom stereocenters. The molecular formula is C23H26N2O4. The number of carbonyl (C=O) groups excluding carboxylic acids is 2. The van der Waals surface area contributed by atoms with Gasteiger partial charge in [-0.1, -0.05) is 30.3 Å². The molecule has 1 heterocycles. The number of aryl methyl sites for hydroxylation is 3. The Bertz CT molecular complexity index is 958. The lowest BCUT2D eigenvalue weighted by Gasteiger charge is -2.24. The number of imide groups is 1. The number of β-amino-alcohol motifs (C(OH)–C–C–N with tert-alkyl or cyclic N) is 1. The highest BCUT2D eigenvalue weighted by atomic mass is 16.5. The smallest absolute Gasteiger partial charge is 0.325 e. The Hall–Kier alpha value is -2.86. The maximum atomic E-state index is 13.1. The van der Waals surface area contributed by atoms with Crippen molar-refractivity contribution in [1.29, 1.82) is 0 Å². The first kappa shape index (κ1) is 19.5. The fourth-order valence-corrected chi connectivity index (χ4v) is 4.10. The van der Waals surface area contributed by atoms with Crippen LogP contribution < -0.4 is 10.1 Å². The number of carbonyl (C=O) groups is 2. The van der Waals surface area contributed by atoms with Crippen molar-refractivity contribution in [2.45, 2.75) is 44.8 Å². The molecule has 2 aliphatic rings. The number of amides is 3. The summed E-state index contributed by atoms with van der Waals surface area (Å²) < 4.78 is 5.60. The fourth-order valence-electron chi connectivity index (χ4n) is 4.10. The summed E-state index contributed by atoms with van der Waals surface area (Å²) in [6.07, 6.45) is 2.20. The van der Waals surface area contributed by atoms with Gasteiger partial charge < -0.3 is 15.2 Å². The van der Waals surface area contributed by atoms with E-state index in [9.17, 15) is 14.7 Å². The maximum Gasteiger partial charge on any atom is 0.325 e. The summed E-state index contributed by atoms with van der Waals surface area (Å²) in [4.78, 5) is 26.7. The van der Waals surface area contributed by atoms with Crippen molar-refractivity contribution in [3.8, 4) is 5.75 Å². The van der Waals surface area contributed by atoms with Gasteiger partial charge in [0.1, 0.15) is 24.0 Å². The van der Waals surface area contributed by atoms with Crippen LogP contribution in [0, 0.1) is 6.92 Å². The van der Waals surface area contributed by atoms with Crippen molar-refractivity contribution in [3.05, 3.63) is 64.7 Å². The average molecular weight is 394 g/mol. The van der Waals surface area contributed by atoms with Crippen LogP contribution in [0.15, 0.2) is 42.5 Å². The Morgan fingerprint density at radius 1 is 1.17 bits per heavy atom. The number of nitrogens with zero attached hydrogens (tertiary/aromatic N) is 1. The number of rotatable bonds is 6. The van der Waals surface area contributed by atoms with Crippen molar-refractivity contribution in [3.63, 3.8) is 0 Å². The Morgan fingerprint density at radius 3 is 2.76 bits per heavy atom. The molecule has 2 unspecified atom stereocenters. The lowest BCUT2D eigenvalue weighted by atomic mass is 9.89. The summed E-state index contributed by atoms with van der Waals surface area (Å²) in [5, 5.41) is 13.2. The molecule has 0 aromatic heterocycles. The average Bonchev–Trinajstić information content (AvgIpc) is 3.25. The van der Waals surface area contributed by atoms with E-state index in [0.717, 1.165) is 35.3 Å². The zero-order valence-corrected chi connectivity index (χ0v) is 16.8. The number of ether oxygens (including phenoxy) is 1. The zero-order valence-electron chi connectivity index (χ0n) is 16.8. The Labute approximate surface area is 170 Å². The molecule has 152 valence electrons. The Balaban J connectivity index is 1.43. The largest absolute Gasteiger partial charge is 0.491 e. The molecule has 0 bridgehead atoms. The molecule has 1 fully saturated rings. The highest BCUT2D eigenvalue weighted by Gasteiger charge is 2.49. The van der Waals surface area contributed by atoms with Crippen LogP contribution in [0.1, 0.15) is 35.6 Å². The van der Waals surface area contributed by atoms with Gasteiger partial charge in [0, 0.05) is 0 Å². The molecule has 3 amide bonds. The summed E-state index contributed by atoms with van der Waals surface area (Å²) in [5.41, 5.74) is 3.28. The molecule has 2 aromatic carbocycles. The second-order valence-corrected chi connectivity index (χ2v) is 8.09. The van der Waals surface area contributed by atoms with Crippen LogP contribution >= 0.6 is 0 Å². The third kappa shape index (κ3) is 3.72. The molecule has 6 heteroatoms. The van der Waals surface area contributed by atoms with E-state index in [1.165, 1.54) is 11.1 Å². The first-order chi connectivity index (χ1) is 13.9. The van der Waals surface area contributed by atoms with Crippen LogP contribution in [0.25, 0.3) is 0 Å². The van der Waals surface area contributed by atoms with Gasteiger partial charge in [-0.25, -0.2) is 4.79 Å². The molecule has 2 N–H and O–H groups in total. The van der Waals surface area contributed by atoms with E-state index in [2.05, 4.69) is 11.4 Å². The molecule has 4 rings (SSSR count). The summed E-state index contributed by atoms with van der Waals surface area (Å²) >= 11 is 0. The van der Waals surface area contributed by atoms with Gasteiger partial charge in [0.05, 0.1) is 6.54 Å². The van der Waals surface area contributed by atoms with Crippen molar-refractivity contribution >= 4 is 11.9 Å². The minimum absolute atomic E-state index is 0.00390. The number of aliphatic hydroxyl groups excluding tert-OH is 1. The fraction of sp³-hybridized carbons (Fsp3) is 0.391. The number of hydrogen-bond donors (Lipinski definition) is 2. The van der Waals surface area contributed by atoms with Gasteiger partial charge in [0.25, 0.3) is 5.91 Å². The van der Waals surface area contributed by atoms with Crippen molar-refractivity contribution < 1.29 is 19.4 Å². The van der Waals surface area contributed by atoms with Gasteiger partial charge in [-0.2, -0.15) is 0 Å². The number of nitrogens with one attached hydrogen (secondary N) is 1. The molecule has 29 heavy (non-hydrogen) atoms. The van der Waals surface area contributed by atoms with Gasteiger partial charge in [-0.3, -0.25) is 9.69 Å². The molecular weight excluding hydrogens is 368 g/mol. The van der Waals surface area contributed by atoms with Crippen LogP contribution in [-0.2, 0) is 23.2 Å². The topological polar surface area (TPSA) is 78.9 Å². The first-order valence-corrected chi connectivity index (χ1v) is 10.0. The minimum Gasteiger partial charge on any atom is -0.491 e. The standard InChI is InChI=1S/C23H26N2O4/c1-15-5-3-8-20(11-15)29-14-19(26)13-25-21(27)23(2,24-22(25)28)18-10-9-16-6-4-7-17(16)12-18/h3,5,8-12,19,26H,4,6-7,13-14H2,1-2H3,(H,24,28). The normalized spacial score (nSPS) is 21.8. The van der Waals surface area contributed by atoms with Gasteiger partial charge in [0.15, 0.2) is 0 Å². The van der Waals surface area contributed by atoms with E-state index in [-0.39, 0.29) is 19.1 Å². The van der Waals surface area contributed by atoms with Crippen LogP contribution in [0.2, 0.25) is 0 Å². The van der Waals surface area contributed by atoms with Crippen LogP contribution in [-0.4, -0.2) is 41.2 Å². The van der Waals surface area contributed by atoms with Crippen LogP contribution in [0.4, 0.5) is 4.79 Å². The van der Waals surface area contributed by atoms with E-state index in [1.807, 2.05) is 37.3 Å². The number of hydrogen-bond acceptors (Lipinski definition) is 4. The van der Waals surface area contributed by atoms with Crippen molar-refractivity contribution in [1.82, 2.24) is 10.2 Å². The Morgan fingerprint density at radius 2 is 1.97 bits per heavy atom. The quantitative estimate of drug-likeness (QED) is 0.739. The number of benzene rings is 2. The number of fused-ring (bicyclic) bond motifs is 1. The highest BCUT2D eigenvalue weighted by Crippen LogP contribution is 2.32. The second-order valence-electron chi connectivity index (χ2n) is 8.09. The number of aliphatic hydroxyl groups is 1. The van der Waals surface area contributed by atoms with Crippen molar-refractivity contribution in [2.24, 2.45) is 0 Å². The van der Waals surface area contributed by atoms with Gasteiger partial charge in [-0.05, 0) is 67.5 Å². The molecule has 6 nitrogen and oxygen atoms in total. The summed E-state index contributed by atoms with van der Waals surface area (Å²) in [6, 6.07) is 13.0. The van der Waals surface area contributed by atoms with E-state index in [1.54, 1.807) is 13.0 Å². The van der Waals surface area contributed by atoms with E-state index >= 15 is 0 Å². The first-order valence-electron chi connectivity index (χ1n) is 10.0. The van der Waals surface area contributed by atoms with Gasteiger partial charge >= 0.3 is 6.03 Å². The van der Waals surface area contributed by atoms with Crippen molar-refractivity contribution in [2.75, 3.05) is 13.2 Å². The summed E-state index contributed by atoms with van der Waals surface area (Å²) in [5.74, 6) is 0.291. The van der Waals surface area contributed by atoms with Crippen LogP contribution in [0.3, 0.4) is 0 Å². The summed E-state index contributed by atoms with van der Waals surface area (Å²) in [7, 11) is 0. The SMILES string of the molecule is Cc1cccc(OCC(O)CN2C(=O)NC(C)(c3ccc4c(c3)CCC4)C2=O)c1. The predicted octanol–water partition coefficient (Wildman–Crippen LogP) is 2.69. The zero-order chi connectivity index (χ0) is 20.6. The predicted molar refractivity (Wildman–Crippen MR) is 109 cm³/mol. The highest BCUT2D eigenvalue weighted by molar-refractivity contribution is 6.07. The number of urea groups is 1. The summed E-state index contributed by atoms with van der Waals surface area (Å²) in [6.45, 7) is 3.56. The molecule has 1 saturated heterocycles. The molecule has 2 aromatic rings. The molecule has 1 aliphatic heterocycles. The van der Waals surface area contributed by atoms with Gasteiger partial charge in [-0.15, -0.1) is 0 Å². The molecule has 1 aliphatic carbocycles. The monoisotopic (exact) mass is 394 g/mol. The Kier molecular flexibility index (Phi) is 5.04. The second kappa shape index (κ2) is 7.52. The van der Waals surface area contributed by atoms with E-state index < -0.39 is 17.7 Å². The maximum absolute atomic E-state index is 13.1. The lowest BCUT2D eigenvalue weighted by molar-refractivity contribution is -0.132. The van der Waals surface area contributed by atoms with Crippen LogP contribution in [0.5, 0.6) is 5.75 Å². The molecule has 0 saturated carbocycles. The minimum atomic E-state index is -1.12. The molecule has 0 radical (unpaired) electrons. The molecule has 0 spiro atoms. The third-order valence-corrected chi connectivity index (χ3v) is 5.78. The van der Waals surface area contributed by atoms with E-state index in [4.69, 9.17) is 4.74 Å². The lowest BCUT2D eigenvalue weighted by Crippen LogP contribution is -2.42.